The maximum Gasteiger partial charge on any atom is 0.253 e. The van der Waals surface area contributed by atoms with Gasteiger partial charge in [-0.3, -0.25) is 4.79 Å². The molecule has 25 heavy (non-hydrogen) atoms. The molecule has 2 aromatic carbocycles. The molecule has 0 radical (unpaired) electrons. The quantitative estimate of drug-likeness (QED) is 0.738. The Morgan fingerprint density at radius 2 is 2.04 bits per heavy atom. The van der Waals surface area contributed by atoms with Crippen LogP contribution in [0.15, 0.2) is 42.5 Å². The molecule has 4 rings (SSSR count). The minimum atomic E-state index is -0.216. The van der Waals surface area contributed by atoms with Gasteiger partial charge in [0.05, 0.1) is 5.52 Å². The number of hydrogen-bond donors (Lipinski definition) is 0. The van der Waals surface area contributed by atoms with Gasteiger partial charge in [0, 0.05) is 25.7 Å². The van der Waals surface area contributed by atoms with Crippen LogP contribution < -0.4 is 0 Å². The second-order valence-corrected chi connectivity index (χ2v) is 6.65. The fraction of sp³-hybridized carbons (Fsp3) is 0.316. The van der Waals surface area contributed by atoms with Crippen LogP contribution in [0, 0.1) is 11.7 Å². The lowest BCUT2D eigenvalue weighted by molar-refractivity contribution is 0.0787. The number of aryl methyl sites for hydroxylation is 1. The summed E-state index contributed by atoms with van der Waals surface area (Å²) >= 11 is 0. The smallest absolute Gasteiger partial charge is 0.253 e. The first-order chi connectivity index (χ1) is 12.1. The van der Waals surface area contributed by atoms with Crippen LogP contribution in [-0.4, -0.2) is 38.9 Å². The van der Waals surface area contributed by atoms with Gasteiger partial charge in [0.2, 0.25) is 0 Å². The van der Waals surface area contributed by atoms with E-state index in [-0.39, 0.29) is 11.7 Å². The Bertz CT molecular complexity index is 919. The van der Waals surface area contributed by atoms with E-state index in [4.69, 9.17) is 0 Å². The van der Waals surface area contributed by atoms with Crippen molar-refractivity contribution in [2.24, 2.45) is 13.0 Å². The third-order valence-electron chi connectivity index (χ3n) is 4.87. The number of likely N-dealkylation sites (tertiary alicyclic amines) is 1. The standard InChI is InChI=1S/C19H19FN4O/c1-23-18-11-15(4-7-17(18)21-22-23)19(25)24-9-8-14(12-24)10-13-2-5-16(20)6-3-13/h2-7,11,14H,8-10,12H2,1H3. The molecule has 0 saturated carbocycles. The average molecular weight is 338 g/mol. The zero-order valence-electron chi connectivity index (χ0n) is 14.0. The zero-order chi connectivity index (χ0) is 17.4. The van der Waals surface area contributed by atoms with Crippen molar-refractivity contribution in [2.45, 2.75) is 12.8 Å². The molecule has 0 spiro atoms. The Labute approximate surface area is 145 Å². The van der Waals surface area contributed by atoms with Gasteiger partial charge in [-0.2, -0.15) is 0 Å². The molecule has 6 heteroatoms. The number of nitrogens with zero attached hydrogens (tertiary/aromatic N) is 4. The van der Waals surface area contributed by atoms with E-state index >= 15 is 0 Å². The number of halogens is 1. The van der Waals surface area contributed by atoms with Gasteiger partial charge in [-0.05, 0) is 54.7 Å². The van der Waals surface area contributed by atoms with Crippen molar-refractivity contribution in [1.29, 1.82) is 0 Å². The molecule has 1 atom stereocenters. The largest absolute Gasteiger partial charge is 0.338 e. The minimum absolute atomic E-state index is 0.0460. The monoisotopic (exact) mass is 338 g/mol. The average Bonchev–Trinajstić information content (AvgIpc) is 3.23. The highest BCUT2D eigenvalue weighted by atomic mass is 19.1. The van der Waals surface area contributed by atoms with Gasteiger partial charge in [0.15, 0.2) is 0 Å². The maximum atomic E-state index is 13.0. The van der Waals surface area contributed by atoms with Crippen molar-refractivity contribution < 1.29 is 9.18 Å². The molecule has 1 aliphatic heterocycles. The molecule has 1 unspecified atom stereocenters. The Kier molecular flexibility index (Phi) is 3.95. The molecule has 0 aliphatic carbocycles. The highest BCUT2D eigenvalue weighted by Gasteiger charge is 2.27. The zero-order valence-corrected chi connectivity index (χ0v) is 14.0. The van der Waals surface area contributed by atoms with E-state index < -0.39 is 0 Å². The number of fused-ring (bicyclic) bond motifs is 1. The molecule has 3 aromatic rings. The molecule has 2 heterocycles. The molecular weight excluding hydrogens is 319 g/mol. The fourth-order valence-electron chi connectivity index (χ4n) is 3.48. The first kappa shape index (κ1) is 15.7. The SMILES string of the molecule is Cn1nnc2ccc(C(=O)N3CCC(Cc4ccc(F)cc4)C3)cc21. The predicted octanol–water partition coefficient (Wildman–Crippen LogP) is 2.81. The third-order valence-corrected chi connectivity index (χ3v) is 4.87. The van der Waals surface area contributed by atoms with Crippen LogP contribution in [0.5, 0.6) is 0 Å². The number of carbonyl (C=O) groups excluding carboxylic acids is 1. The van der Waals surface area contributed by atoms with Gasteiger partial charge < -0.3 is 4.90 Å². The van der Waals surface area contributed by atoms with Crippen molar-refractivity contribution in [3.63, 3.8) is 0 Å². The van der Waals surface area contributed by atoms with E-state index in [0.29, 0.717) is 11.5 Å². The molecule has 1 saturated heterocycles. The molecule has 0 N–H and O–H groups in total. The lowest BCUT2D eigenvalue weighted by Gasteiger charge is -2.17. The van der Waals surface area contributed by atoms with Crippen molar-refractivity contribution in [1.82, 2.24) is 19.9 Å². The maximum absolute atomic E-state index is 13.0. The summed E-state index contributed by atoms with van der Waals surface area (Å²) in [7, 11) is 1.82. The van der Waals surface area contributed by atoms with E-state index in [1.807, 2.05) is 42.3 Å². The lowest BCUT2D eigenvalue weighted by Crippen LogP contribution is -2.28. The highest BCUT2D eigenvalue weighted by Crippen LogP contribution is 2.23. The van der Waals surface area contributed by atoms with Gasteiger partial charge in [-0.1, -0.05) is 17.3 Å². The van der Waals surface area contributed by atoms with Gasteiger partial charge in [-0.15, -0.1) is 5.10 Å². The van der Waals surface area contributed by atoms with Gasteiger partial charge >= 0.3 is 0 Å². The summed E-state index contributed by atoms with van der Waals surface area (Å²) in [5.41, 5.74) is 3.42. The molecule has 128 valence electrons. The Morgan fingerprint density at radius 1 is 1.24 bits per heavy atom. The molecule has 1 aliphatic rings. The lowest BCUT2D eigenvalue weighted by atomic mass is 9.99. The van der Waals surface area contributed by atoms with E-state index in [9.17, 15) is 9.18 Å². The van der Waals surface area contributed by atoms with Crippen molar-refractivity contribution >= 4 is 16.9 Å². The Morgan fingerprint density at radius 3 is 2.84 bits per heavy atom. The third kappa shape index (κ3) is 3.12. The fourth-order valence-corrected chi connectivity index (χ4v) is 3.48. The van der Waals surface area contributed by atoms with Crippen LogP contribution in [0.25, 0.3) is 11.0 Å². The van der Waals surface area contributed by atoms with E-state index in [1.54, 1.807) is 4.68 Å². The van der Waals surface area contributed by atoms with E-state index in [1.165, 1.54) is 12.1 Å². The van der Waals surface area contributed by atoms with Crippen LogP contribution in [0.2, 0.25) is 0 Å². The van der Waals surface area contributed by atoms with Gasteiger partial charge in [0.25, 0.3) is 5.91 Å². The normalized spacial score (nSPS) is 17.4. The Balaban J connectivity index is 1.45. The predicted molar refractivity (Wildman–Crippen MR) is 92.6 cm³/mol. The van der Waals surface area contributed by atoms with Crippen LogP contribution in [0.1, 0.15) is 22.3 Å². The molecule has 1 amide bonds. The first-order valence-electron chi connectivity index (χ1n) is 8.43. The summed E-state index contributed by atoms with van der Waals surface area (Å²) in [6.45, 7) is 1.49. The second-order valence-electron chi connectivity index (χ2n) is 6.65. The van der Waals surface area contributed by atoms with Gasteiger partial charge in [-0.25, -0.2) is 9.07 Å². The topological polar surface area (TPSA) is 51.0 Å². The molecule has 5 nitrogen and oxygen atoms in total. The number of carbonyl (C=O) groups is 1. The van der Waals surface area contributed by atoms with Crippen LogP contribution >= 0.6 is 0 Å². The summed E-state index contributed by atoms with van der Waals surface area (Å²) < 4.78 is 14.7. The minimum Gasteiger partial charge on any atom is -0.338 e. The highest BCUT2D eigenvalue weighted by molar-refractivity contribution is 5.97. The number of aromatic nitrogens is 3. The number of rotatable bonds is 3. The van der Waals surface area contributed by atoms with Gasteiger partial charge in [0.1, 0.15) is 11.3 Å². The van der Waals surface area contributed by atoms with E-state index in [2.05, 4.69) is 10.3 Å². The van der Waals surface area contributed by atoms with Crippen LogP contribution in [0.3, 0.4) is 0 Å². The second kappa shape index (κ2) is 6.27. The van der Waals surface area contributed by atoms with Crippen molar-refractivity contribution in [2.75, 3.05) is 13.1 Å². The number of benzene rings is 2. The summed E-state index contributed by atoms with van der Waals surface area (Å²) in [4.78, 5) is 14.7. The van der Waals surface area contributed by atoms with Crippen LogP contribution in [-0.2, 0) is 13.5 Å². The molecular formula is C19H19FN4O. The molecule has 0 bridgehead atoms. The summed E-state index contributed by atoms with van der Waals surface area (Å²) in [6.07, 6.45) is 1.84. The summed E-state index contributed by atoms with van der Waals surface area (Å²) in [6, 6.07) is 12.1. The number of hydrogen-bond acceptors (Lipinski definition) is 3. The molecule has 1 aromatic heterocycles. The van der Waals surface area contributed by atoms with Crippen LogP contribution in [0.4, 0.5) is 4.39 Å². The van der Waals surface area contributed by atoms with Crippen molar-refractivity contribution in [3.8, 4) is 0 Å². The van der Waals surface area contributed by atoms with E-state index in [0.717, 1.165) is 42.5 Å². The first-order valence-corrected chi connectivity index (χ1v) is 8.43. The van der Waals surface area contributed by atoms with Crippen molar-refractivity contribution in [3.05, 3.63) is 59.4 Å². The number of amides is 1. The summed E-state index contributed by atoms with van der Waals surface area (Å²) in [5.74, 6) is 0.244. The summed E-state index contributed by atoms with van der Waals surface area (Å²) in [5, 5.41) is 8.02. The molecule has 1 fully saturated rings. The Hall–Kier alpha value is -2.76.